The number of benzene rings is 2. The molecular weight excluding hydrogens is 368 g/mol. The van der Waals surface area contributed by atoms with Gasteiger partial charge in [-0.2, -0.15) is 0 Å². The largest absolute Gasteiger partial charge is 0.360 e. The monoisotopic (exact) mass is 397 g/mol. The highest BCUT2D eigenvalue weighted by molar-refractivity contribution is 5.82. The normalized spacial score (nSPS) is 15.7. The number of carbonyl (C=O) groups is 1. The average Bonchev–Trinajstić information content (AvgIpc) is 2.76. The lowest BCUT2D eigenvalue weighted by Gasteiger charge is -2.38. The second-order valence-corrected chi connectivity index (χ2v) is 7.27. The number of anilines is 1. The van der Waals surface area contributed by atoms with E-state index in [1.165, 1.54) is 4.90 Å². The fourth-order valence-electron chi connectivity index (χ4n) is 4.04. The maximum absolute atomic E-state index is 13.3. The summed E-state index contributed by atoms with van der Waals surface area (Å²) in [6, 6.07) is 16.5. The number of hydrogen-bond donors (Lipinski definition) is 1. The van der Waals surface area contributed by atoms with Crippen LogP contribution in [0, 0.1) is 10.1 Å². The van der Waals surface area contributed by atoms with Crippen molar-refractivity contribution >= 4 is 17.3 Å². The summed E-state index contributed by atoms with van der Waals surface area (Å²) >= 11 is 0. The number of nitro groups is 1. The minimum Gasteiger partial charge on any atom is -0.360 e. The molecule has 1 N–H and O–H groups in total. The molecule has 0 bridgehead atoms. The summed E-state index contributed by atoms with van der Waals surface area (Å²) < 4.78 is 0. The molecule has 0 aliphatic carbocycles. The van der Waals surface area contributed by atoms with Crippen molar-refractivity contribution in [3.8, 4) is 0 Å². The number of rotatable bonds is 7. The van der Waals surface area contributed by atoms with Crippen molar-refractivity contribution in [1.29, 1.82) is 0 Å². The van der Waals surface area contributed by atoms with E-state index in [0.29, 0.717) is 13.1 Å². The molecule has 1 amide bonds. The van der Waals surface area contributed by atoms with Crippen molar-refractivity contribution in [1.82, 2.24) is 4.90 Å². The molecule has 1 heterocycles. The standard InChI is InChI=1S/C22H28N4O3/c1-3-23(4-2)22(27)21(18-8-6-5-7-9-18)25-16-14-24(15-17-25)19-10-12-20(13-11-19)26(28)29/h5-13,21H,3-4,14-17H2,1-2H3/p+1/t21-/m1/s1. The fraction of sp³-hybridized carbons (Fsp3) is 0.409. The molecule has 3 rings (SSSR count). The first kappa shape index (κ1) is 20.8. The summed E-state index contributed by atoms with van der Waals surface area (Å²) in [5.41, 5.74) is 2.15. The van der Waals surface area contributed by atoms with E-state index < -0.39 is 0 Å². The van der Waals surface area contributed by atoms with E-state index in [0.717, 1.165) is 37.4 Å². The number of likely N-dealkylation sites (N-methyl/N-ethyl adjacent to an activating group) is 1. The third-order valence-electron chi connectivity index (χ3n) is 5.69. The van der Waals surface area contributed by atoms with Gasteiger partial charge in [0.2, 0.25) is 0 Å². The molecule has 7 nitrogen and oxygen atoms in total. The van der Waals surface area contributed by atoms with Gasteiger partial charge in [-0.05, 0) is 26.0 Å². The number of hydrogen-bond acceptors (Lipinski definition) is 4. The van der Waals surface area contributed by atoms with Crippen LogP contribution in [0.4, 0.5) is 11.4 Å². The smallest absolute Gasteiger partial charge is 0.285 e. The molecule has 29 heavy (non-hydrogen) atoms. The van der Waals surface area contributed by atoms with Gasteiger partial charge >= 0.3 is 0 Å². The minimum absolute atomic E-state index is 0.104. The van der Waals surface area contributed by atoms with E-state index in [4.69, 9.17) is 0 Å². The fourth-order valence-corrected chi connectivity index (χ4v) is 4.04. The Hall–Kier alpha value is -2.93. The predicted molar refractivity (Wildman–Crippen MR) is 113 cm³/mol. The number of non-ortho nitro benzene ring substituents is 1. The molecule has 7 heteroatoms. The van der Waals surface area contributed by atoms with Gasteiger partial charge < -0.3 is 14.7 Å². The zero-order chi connectivity index (χ0) is 20.8. The summed E-state index contributed by atoms with van der Waals surface area (Å²) in [6.45, 7) is 8.75. The van der Waals surface area contributed by atoms with Crippen molar-refractivity contribution in [2.45, 2.75) is 19.9 Å². The van der Waals surface area contributed by atoms with E-state index in [9.17, 15) is 14.9 Å². The lowest BCUT2D eigenvalue weighted by molar-refractivity contribution is -0.922. The molecule has 1 aliphatic heterocycles. The van der Waals surface area contributed by atoms with Crippen LogP contribution in [0.1, 0.15) is 25.5 Å². The number of amides is 1. The Kier molecular flexibility index (Phi) is 6.82. The van der Waals surface area contributed by atoms with Gasteiger partial charge in [0.25, 0.3) is 11.6 Å². The number of carbonyl (C=O) groups excluding carboxylic acids is 1. The van der Waals surface area contributed by atoms with Gasteiger partial charge in [-0.15, -0.1) is 0 Å². The van der Waals surface area contributed by atoms with E-state index >= 15 is 0 Å². The summed E-state index contributed by atoms with van der Waals surface area (Å²) in [6.07, 6.45) is 0. The Labute approximate surface area is 171 Å². The zero-order valence-electron chi connectivity index (χ0n) is 17.1. The Bertz CT molecular complexity index is 814. The number of nitrogens with one attached hydrogen (secondary N) is 1. The highest BCUT2D eigenvalue weighted by atomic mass is 16.6. The summed E-state index contributed by atoms with van der Waals surface area (Å²) in [5.74, 6) is 0.181. The van der Waals surface area contributed by atoms with Gasteiger partial charge in [0.15, 0.2) is 6.04 Å². The Morgan fingerprint density at radius 3 is 2.17 bits per heavy atom. The van der Waals surface area contributed by atoms with E-state index in [1.807, 2.05) is 49.1 Å². The maximum atomic E-state index is 13.3. The van der Waals surface area contributed by atoms with Crippen LogP contribution in [0.5, 0.6) is 0 Å². The quantitative estimate of drug-likeness (QED) is 0.572. The number of nitro benzene ring substituents is 1. The number of piperazine rings is 1. The molecule has 0 saturated carbocycles. The maximum Gasteiger partial charge on any atom is 0.285 e. The van der Waals surface area contributed by atoms with Crippen LogP contribution in [-0.4, -0.2) is 55.0 Å². The first-order chi connectivity index (χ1) is 14.0. The van der Waals surface area contributed by atoms with E-state index in [2.05, 4.69) is 4.90 Å². The summed E-state index contributed by atoms with van der Waals surface area (Å²) in [5, 5.41) is 10.9. The third kappa shape index (κ3) is 4.74. The SMILES string of the molecule is CCN(CC)C(=O)[C@@H](c1ccccc1)[NH+]1CCN(c2ccc([N+](=O)[O-])cc2)CC1. The van der Waals surface area contributed by atoms with Gasteiger partial charge in [-0.1, -0.05) is 30.3 Å². The van der Waals surface area contributed by atoms with Crippen molar-refractivity contribution in [3.05, 3.63) is 70.3 Å². The van der Waals surface area contributed by atoms with E-state index in [-0.39, 0.29) is 22.6 Å². The summed E-state index contributed by atoms with van der Waals surface area (Å²) in [7, 11) is 0. The molecule has 0 aromatic heterocycles. The second-order valence-electron chi connectivity index (χ2n) is 7.27. The van der Waals surface area contributed by atoms with Gasteiger partial charge in [-0.25, -0.2) is 0 Å². The molecule has 0 spiro atoms. The van der Waals surface area contributed by atoms with Crippen molar-refractivity contribution in [3.63, 3.8) is 0 Å². The molecule has 0 radical (unpaired) electrons. The van der Waals surface area contributed by atoms with Crippen LogP contribution in [0.15, 0.2) is 54.6 Å². The molecule has 0 unspecified atom stereocenters. The van der Waals surface area contributed by atoms with Gasteiger partial charge in [0, 0.05) is 36.5 Å². The van der Waals surface area contributed by atoms with Gasteiger partial charge in [-0.3, -0.25) is 14.9 Å². The highest BCUT2D eigenvalue weighted by Gasteiger charge is 2.36. The van der Waals surface area contributed by atoms with Crippen molar-refractivity contribution in [2.24, 2.45) is 0 Å². The van der Waals surface area contributed by atoms with E-state index in [1.54, 1.807) is 24.3 Å². The predicted octanol–water partition coefficient (Wildman–Crippen LogP) is 1.91. The lowest BCUT2D eigenvalue weighted by Crippen LogP contribution is -3.16. The molecule has 1 saturated heterocycles. The molecule has 154 valence electrons. The molecule has 1 fully saturated rings. The molecule has 1 atom stereocenters. The molecule has 2 aromatic carbocycles. The van der Waals surface area contributed by atoms with Gasteiger partial charge in [0.1, 0.15) is 0 Å². The Morgan fingerprint density at radius 1 is 1.07 bits per heavy atom. The number of quaternary nitrogens is 1. The first-order valence-electron chi connectivity index (χ1n) is 10.2. The van der Waals surface area contributed by atoms with Crippen LogP contribution >= 0.6 is 0 Å². The zero-order valence-corrected chi connectivity index (χ0v) is 17.1. The Balaban J connectivity index is 1.74. The lowest BCUT2D eigenvalue weighted by atomic mass is 10.0. The number of nitrogens with zero attached hydrogens (tertiary/aromatic N) is 3. The summed E-state index contributed by atoms with van der Waals surface area (Å²) in [4.78, 5) is 29.2. The highest BCUT2D eigenvalue weighted by Crippen LogP contribution is 2.20. The minimum atomic E-state index is -0.380. The van der Waals surface area contributed by atoms with Crippen LogP contribution in [0.2, 0.25) is 0 Å². The van der Waals surface area contributed by atoms with Crippen LogP contribution < -0.4 is 9.80 Å². The Morgan fingerprint density at radius 2 is 1.66 bits per heavy atom. The third-order valence-corrected chi connectivity index (χ3v) is 5.69. The molecular formula is C22H29N4O3+. The first-order valence-corrected chi connectivity index (χ1v) is 10.2. The van der Waals surface area contributed by atoms with Crippen molar-refractivity contribution in [2.75, 3.05) is 44.2 Å². The molecule has 2 aromatic rings. The molecule has 1 aliphatic rings. The topological polar surface area (TPSA) is 71.1 Å². The second kappa shape index (κ2) is 9.52. The van der Waals surface area contributed by atoms with Crippen LogP contribution in [-0.2, 0) is 4.79 Å². The van der Waals surface area contributed by atoms with Gasteiger partial charge in [0.05, 0.1) is 31.1 Å². The van der Waals surface area contributed by atoms with Crippen LogP contribution in [0.3, 0.4) is 0 Å². The average molecular weight is 397 g/mol. The van der Waals surface area contributed by atoms with Crippen LogP contribution in [0.25, 0.3) is 0 Å². The van der Waals surface area contributed by atoms with Crippen molar-refractivity contribution < 1.29 is 14.6 Å².